The van der Waals surface area contributed by atoms with Gasteiger partial charge >= 0.3 is 6.18 Å². The lowest BCUT2D eigenvalue weighted by Crippen LogP contribution is -2.42. The van der Waals surface area contributed by atoms with Gasteiger partial charge in [-0.15, -0.1) is 0 Å². The third kappa shape index (κ3) is 6.99. The molecular weight excluding hydrogens is 509 g/mol. The summed E-state index contributed by atoms with van der Waals surface area (Å²) < 4.78 is 44.9. The van der Waals surface area contributed by atoms with Gasteiger partial charge < -0.3 is 19.5 Å². The average molecular weight is 543 g/mol. The smallest absolute Gasteiger partial charge is 0.378 e. The maximum absolute atomic E-state index is 13.2. The Morgan fingerprint density at radius 2 is 1.77 bits per heavy atom. The Kier molecular flexibility index (Phi) is 8.23. The summed E-state index contributed by atoms with van der Waals surface area (Å²) in [5.74, 6) is -0.0716. The molecular formula is C29H33F3N4O3. The molecule has 5 rings (SSSR count). The quantitative estimate of drug-likeness (QED) is 0.491. The van der Waals surface area contributed by atoms with E-state index in [4.69, 9.17) is 4.74 Å². The van der Waals surface area contributed by atoms with Crippen LogP contribution in [0.25, 0.3) is 10.8 Å². The minimum atomic E-state index is -4.18. The van der Waals surface area contributed by atoms with E-state index in [9.17, 15) is 22.8 Å². The molecule has 0 bridgehead atoms. The summed E-state index contributed by atoms with van der Waals surface area (Å²) >= 11 is 0. The summed E-state index contributed by atoms with van der Waals surface area (Å²) in [4.78, 5) is 29.7. The van der Waals surface area contributed by atoms with Crippen molar-refractivity contribution >= 4 is 22.4 Å². The summed E-state index contributed by atoms with van der Waals surface area (Å²) in [6.07, 6.45) is -1.16. The molecule has 1 N–H and O–H groups in total. The van der Waals surface area contributed by atoms with E-state index in [-0.39, 0.29) is 17.4 Å². The highest BCUT2D eigenvalue weighted by Gasteiger charge is 2.32. The monoisotopic (exact) mass is 542 g/mol. The summed E-state index contributed by atoms with van der Waals surface area (Å²) in [5, 5.41) is 4.46. The molecule has 2 aliphatic rings. The number of aromatic nitrogens is 1. The Morgan fingerprint density at radius 1 is 1.00 bits per heavy atom. The second kappa shape index (κ2) is 11.8. The van der Waals surface area contributed by atoms with E-state index in [1.807, 2.05) is 30.3 Å². The van der Waals surface area contributed by atoms with Crippen LogP contribution in [-0.4, -0.2) is 74.0 Å². The zero-order chi connectivity index (χ0) is 27.4. The molecule has 7 nitrogen and oxygen atoms in total. The number of morpholine rings is 1. The fraction of sp³-hybridized carbons (Fsp3) is 0.448. The van der Waals surface area contributed by atoms with E-state index in [0.29, 0.717) is 63.2 Å². The van der Waals surface area contributed by atoms with E-state index >= 15 is 0 Å². The number of halogens is 3. The van der Waals surface area contributed by atoms with E-state index < -0.39 is 12.7 Å². The molecule has 3 heterocycles. The van der Waals surface area contributed by atoms with Crippen molar-refractivity contribution in [2.75, 3.05) is 57.4 Å². The first-order valence-corrected chi connectivity index (χ1v) is 13.4. The molecule has 39 heavy (non-hydrogen) atoms. The van der Waals surface area contributed by atoms with Gasteiger partial charge in [0.25, 0.3) is 11.5 Å². The predicted molar refractivity (Wildman–Crippen MR) is 144 cm³/mol. The Hall–Kier alpha value is -3.37. The molecule has 2 fully saturated rings. The summed E-state index contributed by atoms with van der Waals surface area (Å²) in [7, 11) is 0. The third-order valence-corrected chi connectivity index (χ3v) is 7.54. The van der Waals surface area contributed by atoms with E-state index in [0.717, 1.165) is 29.7 Å². The van der Waals surface area contributed by atoms with Gasteiger partial charge in [-0.3, -0.25) is 14.5 Å². The molecule has 2 aliphatic heterocycles. The van der Waals surface area contributed by atoms with Gasteiger partial charge in [-0.25, -0.2) is 0 Å². The van der Waals surface area contributed by atoms with Gasteiger partial charge in [-0.05, 0) is 79.2 Å². The highest BCUT2D eigenvalue weighted by atomic mass is 19.4. The van der Waals surface area contributed by atoms with Crippen molar-refractivity contribution < 1.29 is 22.7 Å². The van der Waals surface area contributed by atoms with Gasteiger partial charge in [-0.1, -0.05) is 12.1 Å². The molecule has 0 aliphatic carbocycles. The van der Waals surface area contributed by atoms with Gasteiger partial charge in [-0.2, -0.15) is 13.2 Å². The number of likely N-dealkylation sites (tertiary alicyclic amines) is 1. The zero-order valence-corrected chi connectivity index (χ0v) is 21.8. The Bertz CT molecular complexity index is 1360. The number of benzene rings is 2. The normalized spacial score (nSPS) is 17.5. The fourth-order valence-electron chi connectivity index (χ4n) is 5.37. The Morgan fingerprint density at radius 3 is 2.51 bits per heavy atom. The molecule has 0 radical (unpaired) electrons. The van der Waals surface area contributed by atoms with Crippen LogP contribution in [0.15, 0.2) is 59.5 Å². The molecule has 2 saturated heterocycles. The number of rotatable bonds is 7. The predicted octanol–water partition coefficient (Wildman–Crippen LogP) is 3.89. The van der Waals surface area contributed by atoms with Gasteiger partial charge in [0.1, 0.15) is 0 Å². The molecule has 2 aromatic carbocycles. The molecule has 10 heteroatoms. The number of amides is 1. The number of carbonyl (C=O) groups is 1. The SMILES string of the molecule is O=C(NCC1CCN(CC(F)(F)F)CC1)c1cccc(Cn2ccc3cc(N4CCOCC4)ccc3c2=O)c1. The molecule has 0 unspecified atom stereocenters. The second-order valence-electron chi connectivity index (χ2n) is 10.4. The largest absolute Gasteiger partial charge is 0.401 e. The molecule has 0 atom stereocenters. The van der Waals surface area contributed by atoms with Crippen LogP contribution >= 0.6 is 0 Å². The maximum Gasteiger partial charge on any atom is 0.401 e. The van der Waals surface area contributed by atoms with E-state index in [2.05, 4.69) is 10.2 Å². The fourth-order valence-corrected chi connectivity index (χ4v) is 5.37. The Balaban J connectivity index is 1.19. The van der Waals surface area contributed by atoms with Gasteiger partial charge in [0.2, 0.25) is 0 Å². The van der Waals surface area contributed by atoms with Crippen LogP contribution in [0.1, 0.15) is 28.8 Å². The summed E-state index contributed by atoms with van der Waals surface area (Å²) in [6.45, 7) is 3.69. The van der Waals surface area contributed by atoms with Crippen molar-refractivity contribution in [3.8, 4) is 0 Å². The standard InChI is InChI=1S/C29H33F3N4O3/c30-29(31,32)20-34-9-6-21(7-10-34)18-33-27(37)24-3-1-2-22(16-24)19-36-11-8-23-17-25(4-5-26(23)28(36)38)35-12-14-39-15-13-35/h1-5,8,11,16-17,21H,6-7,9-10,12-15,18-20H2,(H,33,37). The minimum Gasteiger partial charge on any atom is -0.378 e. The van der Waals surface area contributed by atoms with Crippen LogP contribution in [0, 0.1) is 5.92 Å². The number of alkyl halides is 3. The first-order chi connectivity index (χ1) is 18.7. The molecule has 1 aromatic heterocycles. The van der Waals surface area contributed by atoms with Crippen LogP contribution < -0.4 is 15.8 Å². The number of pyridine rings is 1. The molecule has 0 spiro atoms. The second-order valence-corrected chi connectivity index (χ2v) is 10.4. The van der Waals surface area contributed by atoms with Crippen LogP contribution in [0.3, 0.4) is 0 Å². The lowest BCUT2D eigenvalue weighted by molar-refractivity contribution is -0.148. The number of fused-ring (bicyclic) bond motifs is 1. The third-order valence-electron chi connectivity index (χ3n) is 7.54. The van der Waals surface area contributed by atoms with Crippen molar-refractivity contribution in [1.82, 2.24) is 14.8 Å². The van der Waals surface area contributed by atoms with E-state index in [1.54, 1.807) is 29.0 Å². The average Bonchev–Trinajstić information content (AvgIpc) is 2.94. The first kappa shape index (κ1) is 27.2. The van der Waals surface area contributed by atoms with Crippen LogP contribution in [0.4, 0.5) is 18.9 Å². The lowest BCUT2D eigenvalue weighted by atomic mass is 9.96. The van der Waals surface area contributed by atoms with Crippen molar-refractivity contribution in [1.29, 1.82) is 0 Å². The topological polar surface area (TPSA) is 66.8 Å². The maximum atomic E-state index is 13.2. The van der Waals surface area contributed by atoms with Crippen molar-refractivity contribution in [2.24, 2.45) is 5.92 Å². The number of hydrogen-bond donors (Lipinski definition) is 1. The van der Waals surface area contributed by atoms with Crippen molar-refractivity contribution in [3.63, 3.8) is 0 Å². The number of anilines is 1. The summed E-state index contributed by atoms with van der Waals surface area (Å²) in [5.41, 5.74) is 2.31. The Labute approximate surface area is 225 Å². The first-order valence-electron chi connectivity index (χ1n) is 13.4. The number of carbonyl (C=O) groups excluding carboxylic acids is 1. The van der Waals surface area contributed by atoms with E-state index in [1.165, 1.54) is 4.90 Å². The summed E-state index contributed by atoms with van der Waals surface area (Å²) in [6, 6.07) is 15.0. The van der Waals surface area contributed by atoms with Crippen LogP contribution in [0.5, 0.6) is 0 Å². The molecule has 208 valence electrons. The van der Waals surface area contributed by atoms with Crippen LogP contribution in [-0.2, 0) is 11.3 Å². The number of nitrogens with zero attached hydrogens (tertiary/aromatic N) is 3. The minimum absolute atomic E-state index is 0.0900. The molecule has 3 aromatic rings. The number of ether oxygens (including phenoxy) is 1. The van der Waals surface area contributed by atoms with Crippen molar-refractivity contribution in [2.45, 2.75) is 25.6 Å². The lowest BCUT2D eigenvalue weighted by Gasteiger charge is -2.32. The van der Waals surface area contributed by atoms with Crippen molar-refractivity contribution in [3.05, 3.63) is 76.2 Å². The zero-order valence-electron chi connectivity index (χ0n) is 21.8. The van der Waals surface area contributed by atoms with Crippen LogP contribution in [0.2, 0.25) is 0 Å². The highest BCUT2D eigenvalue weighted by molar-refractivity contribution is 5.94. The number of nitrogens with one attached hydrogen (secondary N) is 1. The molecule has 0 saturated carbocycles. The molecule has 1 amide bonds. The van der Waals surface area contributed by atoms with Gasteiger partial charge in [0, 0.05) is 42.5 Å². The van der Waals surface area contributed by atoms with Gasteiger partial charge in [0.05, 0.1) is 26.3 Å². The number of piperidine rings is 1. The van der Waals surface area contributed by atoms with Gasteiger partial charge in [0.15, 0.2) is 0 Å². The number of hydrogen-bond acceptors (Lipinski definition) is 5. The highest BCUT2D eigenvalue weighted by Crippen LogP contribution is 2.23.